The third-order valence-corrected chi connectivity index (χ3v) is 5.59. The number of carbonyl (C=O) groups is 1. The molecule has 4 N–H and O–H groups in total. The van der Waals surface area contributed by atoms with E-state index in [9.17, 15) is 13.6 Å². The van der Waals surface area contributed by atoms with Gasteiger partial charge >= 0.3 is 0 Å². The van der Waals surface area contributed by atoms with Crippen molar-refractivity contribution in [2.24, 2.45) is 10.7 Å². The van der Waals surface area contributed by atoms with Gasteiger partial charge in [-0.05, 0) is 17.7 Å². The van der Waals surface area contributed by atoms with Crippen LogP contribution in [0.5, 0.6) is 0 Å². The lowest BCUT2D eigenvalue weighted by atomic mass is 9.87. The van der Waals surface area contributed by atoms with Gasteiger partial charge in [-0.15, -0.1) is 11.3 Å². The van der Waals surface area contributed by atoms with Gasteiger partial charge in [-0.25, -0.2) is 13.8 Å². The molecule has 3 rings (SSSR count). The first-order valence-electron chi connectivity index (χ1n) is 8.19. The second-order valence-corrected chi connectivity index (χ2v) is 7.37. The highest BCUT2D eigenvalue weighted by atomic mass is 32.1. The van der Waals surface area contributed by atoms with E-state index in [0.717, 1.165) is 4.88 Å². The maximum atomic E-state index is 13.9. The fraction of sp³-hybridized carbons (Fsp3) is 0.333. The number of halogens is 2. The zero-order chi connectivity index (χ0) is 19.1. The SMILES string of the molecule is CCC(F)(F)c1ccc([C@H]2C(=O)N(C)C(N)=N[C@@H]2c2ccc(N)s2)cc1. The molecular weight excluding hydrogens is 358 g/mol. The van der Waals surface area contributed by atoms with Gasteiger partial charge in [-0.3, -0.25) is 9.69 Å². The third-order valence-electron chi connectivity index (χ3n) is 4.60. The Morgan fingerprint density at radius 3 is 2.38 bits per heavy atom. The molecule has 0 spiro atoms. The lowest BCUT2D eigenvalue weighted by Gasteiger charge is -2.32. The standard InChI is InChI=1S/C18H20F2N4OS/c1-3-18(19,20)11-6-4-10(5-7-11)14-15(12-8-9-13(21)26-12)23-17(22)24(2)16(14)25/h4-9,14-15H,3,21H2,1-2H3,(H2,22,23)/t14-,15-/m1/s1. The van der Waals surface area contributed by atoms with Crippen LogP contribution in [0.4, 0.5) is 13.8 Å². The van der Waals surface area contributed by atoms with Gasteiger partial charge in [0.05, 0.1) is 10.9 Å². The second kappa shape index (κ2) is 6.68. The minimum Gasteiger partial charge on any atom is -0.391 e. The highest BCUT2D eigenvalue weighted by Gasteiger charge is 2.39. The van der Waals surface area contributed by atoms with Crippen LogP contribution in [0.2, 0.25) is 0 Å². The average Bonchev–Trinajstić information content (AvgIpc) is 3.06. The van der Waals surface area contributed by atoms with E-state index < -0.39 is 17.9 Å². The number of guanidine groups is 1. The number of carbonyl (C=O) groups excluding carboxylic acids is 1. The van der Waals surface area contributed by atoms with E-state index >= 15 is 0 Å². The molecule has 1 aliphatic rings. The van der Waals surface area contributed by atoms with Gasteiger partial charge < -0.3 is 11.5 Å². The van der Waals surface area contributed by atoms with Crippen molar-refractivity contribution in [1.82, 2.24) is 4.90 Å². The van der Waals surface area contributed by atoms with E-state index in [0.29, 0.717) is 10.6 Å². The minimum absolute atomic E-state index is 0.0692. The second-order valence-electron chi connectivity index (χ2n) is 6.23. The Balaban J connectivity index is 2.03. The van der Waals surface area contributed by atoms with Crippen molar-refractivity contribution in [1.29, 1.82) is 0 Å². The molecule has 5 nitrogen and oxygen atoms in total. The molecule has 1 aromatic carbocycles. The van der Waals surface area contributed by atoms with E-state index in [1.807, 2.05) is 6.07 Å². The van der Waals surface area contributed by atoms with Gasteiger partial charge in [0.1, 0.15) is 6.04 Å². The van der Waals surface area contributed by atoms with Gasteiger partial charge in [-0.2, -0.15) is 0 Å². The molecule has 0 saturated heterocycles. The largest absolute Gasteiger partial charge is 0.391 e. The van der Waals surface area contributed by atoms with E-state index in [-0.39, 0.29) is 23.9 Å². The fourth-order valence-corrected chi connectivity index (χ4v) is 3.83. The Hall–Kier alpha value is -2.48. The number of anilines is 1. The quantitative estimate of drug-likeness (QED) is 0.855. The summed E-state index contributed by atoms with van der Waals surface area (Å²) in [6.45, 7) is 1.43. The molecule has 0 aliphatic carbocycles. The van der Waals surface area contributed by atoms with Crippen molar-refractivity contribution in [3.63, 3.8) is 0 Å². The van der Waals surface area contributed by atoms with Crippen molar-refractivity contribution < 1.29 is 13.6 Å². The van der Waals surface area contributed by atoms with E-state index in [1.165, 1.54) is 35.3 Å². The molecule has 8 heteroatoms. The summed E-state index contributed by atoms with van der Waals surface area (Å²) in [5, 5.41) is 0.608. The molecule has 26 heavy (non-hydrogen) atoms. The number of likely N-dealkylation sites (N-methyl/N-ethyl adjacent to an activating group) is 1. The summed E-state index contributed by atoms with van der Waals surface area (Å²) in [6, 6.07) is 8.90. The number of nitrogen functional groups attached to an aromatic ring is 1. The van der Waals surface area contributed by atoms with Crippen LogP contribution in [-0.2, 0) is 10.7 Å². The maximum absolute atomic E-state index is 13.9. The molecule has 2 heterocycles. The zero-order valence-electron chi connectivity index (χ0n) is 14.4. The van der Waals surface area contributed by atoms with Crippen LogP contribution in [0.3, 0.4) is 0 Å². The number of rotatable bonds is 4. The maximum Gasteiger partial charge on any atom is 0.273 e. The molecule has 0 unspecified atom stereocenters. The molecular formula is C18H20F2N4OS. The number of nitrogens with zero attached hydrogens (tertiary/aromatic N) is 2. The Bertz CT molecular complexity index is 847. The number of hydrogen-bond acceptors (Lipinski definition) is 5. The monoisotopic (exact) mass is 378 g/mol. The molecule has 0 radical (unpaired) electrons. The topological polar surface area (TPSA) is 84.7 Å². The number of nitrogens with two attached hydrogens (primary N) is 2. The Kier molecular flexibility index (Phi) is 4.70. The number of amides is 1. The van der Waals surface area contributed by atoms with Gasteiger partial charge in [0.25, 0.3) is 5.92 Å². The number of aliphatic imine (C=N–C) groups is 1. The van der Waals surface area contributed by atoms with Crippen LogP contribution < -0.4 is 11.5 Å². The molecule has 0 fully saturated rings. The average molecular weight is 378 g/mol. The molecule has 2 atom stereocenters. The highest BCUT2D eigenvalue weighted by molar-refractivity contribution is 7.16. The van der Waals surface area contributed by atoms with Crippen molar-refractivity contribution in [2.75, 3.05) is 12.8 Å². The van der Waals surface area contributed by atoms with Crippen LogP contribution in [0.15, 0.2) is 41.4 Å². The Labute approximate surface area is 154 Å². The third kappa shape index (κ3) is 3.16. The lowest BCUT2D eigenvalue weighted by Crippen LogP contribution is -2.46. The minimum atomic E-state index is -2.89. The van der Waals surface area contributed by atoms with Gasteiger partial charge in [0, 0.05) is 23.9 Å². The molecule has 138 valence electrons. The van der Waals surface area contributed by atoms with Crippen LogP contribution in [0.1, 0.15) is 41.3 Å². The summed E-state index contributed by atoms with van der Waals surface area (Å²) in [6.07, 6.45) is -0.282. The molecule has 2 aromatic rings. The van der Waals surface area contributed by atoms with Gasteiger partial charge in [-0.1, -0.05) is 31.2 Å². The molecule has 1 aliphatic heterocycles. The smallest absolute Gasteiger partial charge is 0.273 e. The highest BCUT2D eigenvalue weighted by Crippen LogP contribution is 2.42. The molecule has 1 aromatic heterocycles. The Morgan fingerprint density at radius 2 is 1.85 bits per heavy atom. The van der Waals surface area contributed by atoms with Crippen molar-refractivity contribution in [3.05, 3.63) is 52.4 Å². The normalized spacial score (nSPS) is 21.0. The van der Waals surface area contributed by atoms with Crippen molar-refractivity contribution in [3.8, 4) is 0 Å². The first kappa shape index (κ1) is 18.3. The predicted octanol–water partition coefficient (Wildman–Crippen LogP) is 3.44. The summed E-state index contributed by atoms with van der Waals surface area (Å²) >= 11 is 1.33. The summed E-state index contributed by atoms with van der Waals surface area (Å²) in [7, 11) is 1.55. The van der Waals surface area contributed by atoms with Crippen LogP contribution in [0.25, 0.3) is 0 Å². The van der Waals surface area contributed by atoms with E-state index in [4.69, 9.17) is 11.5 Å². The van der Waals surface area contributed by atoms with Gasteiger partial charge in [0.2, 0.25) is 5.91 Å². The Morgan fingerprint density at radius 1 is 1.19 bits per heavy atom. The number of benzene rings is 1. The lowest BCUT2D eigenvalue weighted by molar-refractivity contribution is -0.129. The first-order chi connectivity index (χ1) is 12.2. The van der Waals surface area contributed by atoms with E-state index in [1.54, 1.807) is 25.2 Å². The summed E-state index contributed by atoms with van der Waals surface area (Å²) in [5.41, 5.74) is 12.2. The number of thiophene rings is 1. The zero-order valence-corrected chi connectivity index (χ0v) is 15.3. The van der Waals surface area contributed by atoms with Crippen molar-refractivity contribution >= 4 is 28.2 Å². The predicted molar refractivity (Wildman–Crippen MR) is 99.2 cm³/mol. The fourth-order valence-electron chi connectivity index (χ4n) is 2.98. The van der Waals surface area contributed by atoms with E-state index in [2.05, 4.69) is 4.99 Å². The van der Waals surface area contributed by atoms with Crippen LogP contribution in [-0.4, -0.2) is 23.8 Å². The first-order valence-corrected chi connectivity index (χ1v) is 9.00. The summed E-state index contributed by atoms with van der Waals surface area (Å²) in [5.74, 6) is -3.65. The molecule has 1 amide bonds. The van der Waals surface area contributed by atoms with Crippen LogP contribution in [0, 0.1) is 0 Å². The van der Waals surface area contributed by atoms with Crippen LogP contribution >= 0.6 is 11.3 Å². The van der Waals surface area contributed by atoms with Gasteiger partial charge in [0.15, 0.2) is 5.96 Å². The number of alkyl halides is 2. The number of hydrogen-bond donors (Lipinski definition) is 2. The molecule has 0 bridgehead atoms. The van der Waals surface area contributed by atoms with Crippen molar-refractivity contribution in [2.45, 2.75) is 31.2 Å². The molecule has 0 saturated carbocycles. The summed E-state index contributed by atoms with van der Waals surface area (Å²) in [4.78, 5) is 19.4. The summed E-state index contributed by atoms with van der Waals surface area (Å²) < 4.78 is 27.7.